The maximum Gasteiger partial charge on any atom is 0.142 e. The molecule has 0 aromatic heterocycles. The van der Waals surface area contributed by atoms with Gasteiger partial charge in [-0.1, -0.05) is 38.3 Å². The Kier molecular flexibility index (Phi) is 5.99. The van der Waals surface area contributed by atoms with Crippen LogP contribution in [0, 0.1) is 5.82 Å². The molecule has 0 heterocycles. The number of halogens is 2. The average molecular weight is 288 g/mol. The first kappa shape index (κ1) is 13.7. The third kappa shape index (κ3) is 3.56. The Hall–Kier alpha value is -0.410. The molecule has 0 aliphatic rings. The normalized spacial score (nSPS) is 12.8. The molecule has 1 aromatic rings. The number of nitrogens with one attached hydrogen (secondary N) is 1. The number of unbranched alkanes of at least 4 members (excludes halogenated alkanes) is 2. The second kappa shape index (κ2) is 7.02. The lowest BCUT2D eigenvalue weighted by molar-refractivity contribution is 0.483. The van der Waals surface area contributed by atoms with Crippen molar-refractivity contribution in [2.75, 3.05) is 7.05 Å². The molecule has 1 rings (SSSR count). The second-order valence-corrected chi connectivity index (χ2v) is 4.83. The molecule has 0 aliphatic heterocycles. The van der Waals surface area contributed by atoms with Crippen LogP contribution in [-0.2, 0) is 0 Å². The summed E-state index contributed by atoms with van der Waals surface area (Å²) >= 11 is 3.22. The van der Waals surface area contributed by atoms with Crippen LogP contribution in [0.1, 0.15) is 44.2 Å². The van der Waals surface area contributed by atoms with E-state index in [0.717, 1.165) is 18.4 Å². The van der Waals surface area contributed by atoms with Gasteiger partial charge in [-0.3, -0.25) is 0 Å². The third-order valence-electron chi connectivity index (χ3n) is 2.80. The smallest absolute Gasteiger partial charge is 0.142 e. The van der Waals surface area contributed by atoms with E-state index in [1.54, 1.807) is 6.07 Å². The lowest BCUT2D eigenvalue weighted by Crippen LogP contribution is -2.17. The molecule has 0 saturated heterocycles. The van der Waals surface area contributed by atoms with Crippen molar-refractivity contribution in [3.05, 3.63) is 34.1 Å². The molecule has 16 heavy (non-hydrogen) atoms. The van der Waals surface area contributed by atoms with E-state index in [1.807, 2.05) is 19.2 Å². The van der Waals surface area contributed by atoms with Crippen LogP contribution in [0.5, 0.6) is 0 Å². The van der Waals surface area contributed by atoms with Crippen molar-refractivity contribution in [1.82, 2.24) is 5.32 Å². The van der Waals surface area contributed by atoms with E-state index in [0.29, 0.717) is 4.47 Å². The van der Waals surface area contributed by atoms with E-state index < -0.39 is 0 Å². The first-order chi connectivity index (χ1) is 7.70. The van der Waals surface area contributed by atoms with E-state index in [4.69, 9.17) is 0 Å². The molecule has 1 N–H and O–H groups in total. The first-order valence-electron chi connectivity index (χ1n) is 5.81. The van der Waals surface area contributed by atoms with Gasteiger partial charge in [0.05, 0.1) is 4.47 Å². The molecule has 3 heteroatoms. The van der Waals surface area contributed by atoms with Gasteiger partial charge in [0, 0.05) is 11.6 Å². The minimum Gasteiger partial charge on any atom is -0.313 e. The monoisotopic (exact) mass is 287 g/mol. The molecule has 0 aliphatic carbocycles. The molecule has 0 fully saturated rings. The number of hydrogen-bond acceptors (Lipinski definition) is 1. The van der Waals surface area contributed by atoms with Gasteiger partial charge in [0.2, 0.25) is 0 Å². The Balaban J connectivity index is 2.74. The molecule has 0 saturated carbocycles. The zero-order valence-corrected chi connectivity index (χ0v) is 11.5. The van der Waals surface area contributed by atoms with Crippen LogP contribution >= 0.6 is 15.9 Å². The summed E-state index contributed by atoms with van der Waals surface area (Å²) in [6, 6.07) is 5.58. The van der Waals surface area contributed by atoms with E-state index in [1.165, 1.54) is 12.8 Å². The summed E-state index contributed by atoms with van der Waals surface area (Å²) in [6.07, 6.45) is 4.51. The van der Waals surface area contributed by atoms with Gasteiger partial charge in [0.25, 0.3) is 0 Å². The lowest BCUT2D eigenvalue weighted by Gasteiger charge is -2.17. The summed E-state index contributed by atoms with van der Waals surface area (Å²) in [6.45, 7) is 2.17. The maximum atomic E-state index is 13.9. The standard InChI is InChI=1S/C13H19BrFN/c1-3-4-5-9-12(16-2)10-7-6-8-11(14)13(10)15/h6-8,12,16H,3-5,9H2,1-2H3. The van der Waals surface area contributed by atoms with Crippen molar-refractivity contribution in [3.63, 3.8) is 0 Å². The first-order valence-corrected chi connectivity index (χ1v) is 6.61. The van der Waals surface area contributed by atoms with Gasteiger partial charge >= 0.3 is 0 Å². The number of benzene rings is 1. The molecule has 0 bridgehead atoms. The molecular formula is C13H19BrFN. The quantitative estimate of drug-likeness (QED) is 0.764. The van der Waals surface area contributed by atoms with Crippen molar-refractivity contribution in [2.45, 2.75) is 38.6 Å². The molecule has 1 unspecified atom stereocenters. The number of rotatable bonds is 6. The van der Waals surface area contributed by atoms with Crippen LogP contribution in [0.25, 0.3) is 0 Å². The summed E-state index contributed by atoms with van der Waals surface area (Å²) in [5.41, 5.74) is 0.757. The van der Waals surface area contributed by atoms with E-state index in [2.05, 4.69) is 28.2 Å². The van der Waals surface area contributed by atoms with Crippen LogP contribution in [0.15, 0.2) is 22.7 Å². The molecular weight excluding hydrogens is 269 g/mol. The van der Waals surface area contributed by atoms with Crippen molar-refractivity contribution in [2.24, 2.45) is 0 Å². The molecule has 90 valence electrons. The highest BCUT2D eigenvalue weighted by molar-refractivity contribution is 9.10. The maximum absolute atomic E-state index is 13.9. The number of hydrogen-bond donors (Lipinski definition) is 1. The fourth-order valence-corrected chi connectivity index (χ4v) is 2.22. The van der Waals surface area contributed by atoms with Crippen LogP contribution in [0.2, 0.25) is 0 Å². The predicted octanol–water partition coefficient (Wildman–Crippen LogP) is 4.43. The van der Waals surface area contributed by atoms with Gasteiger partial charge in [-0.15, -0.1) is 0 Å². The van der Waals surface area contributed by atoms with Crippen molar-refractivity contribution in [1.29, 1.82) is 0 Å². The minimum atomic E-state index is -0.140. The third-order valence-corrected chi connectivity index (χ3v) is 3.41. The second-order valence-electron chi connectivity index (χ2n) is 3.98. The Morgan fingerprint density at radius 3 is 2.75 bits per heavy atom. The molecule has 0 radical (unpaired) electrons. The summed E-state index contributed by atoms with van der Waals surface area (Å²) < 4.78 is 14.4. The van der Waals surface area contributed by atoms with Gasteiger partial charge < -0.3 is 5.32 Å². The summed E-state index contributed by atoms with van der Waals surface area (Å²) in [7, 11) is 1.89. The van der Waals surface area contributed by atoms with Gasteiger partial charge in [-0.05, 0) is 35.5 Å². The largest absolute Gasteiger partial charge is 0.313 e. The Labute approximate surface area is 106 Å². The fraction of sp³-hybridized carbons (Fsp3) is 0.538. The Morgan fingerprint density at radius 1 is 1.38 bits per heavy atom. The molecule has 1 nitrogen and oxygen atoms in total. The highest BCUT2D eigenvalue weighted by Crippen LogP contribution is 2.26. The summed E-state index contributed by atoms with van der Waals surface area (Å²) in [5, 5.41) is 3.18. The predicted molar refractivity (Wildman–Crippen MR) is 70.0 cm³/mol. The van der Waals surface area contributed by atoms with Gasteiger partial charge in [-0.25, -0.2) is 4.39 Å². The zero-order valence-electron chi connectivity index (χ0n) is 9.89. The minimum absolute atomic E-state index is 0.115. The lowest BCUT2D eigenvalue weighted by atomic mass is 10.0. The zero-order chi connectivity index (χ0) is 12.0. The highest BCUT2D eigenvalue weighted by atomic mass is 79.9. The Bertz CT molecular complexity index is 328. The van der Waals surface area contributed by atoms with E-state index in [9.17, 15) is 4.39 Å². The highest BCUT2D eigenvalue weighted by Gasteiger charge is 2.14. The van der Waals surface area contributed by atoms with Gasteiger partial charge in [-0.2, -0.15) is 0 Å². The van der Waals surface area contributed by atoms with Crippen LogP contribution in [0.4, 0.5) is 4.39 Å². The van der Waals surface area contributed by atoms with E-state index in [-0.39, 0.29) is 11.9 Å². The van der Waals surface area contributed by atoms with Crippen LogP contribution in [-0.4, -0.2) is 7.05 Å². The topological polar surface area (TPSA) is 12.0 Å². The summed E-state index contributed by atoms with van der Waals surface area (Å²) in [5.74, 6) is -0.140. The van der Waals surface area contributed by atoms with Crippen molar-refractivity contribution >= 4 is 15.9 Å². The van der Waals surface area contributed by atoms with E-state index >= 15 is 0 Å². The molecule has 0 spiro atoms. The average Bonchev–Trinajstić information content (AvgIpc) is 2.29. The molecule has 0 amide bonds. The fourth-order valence-electron chi connectivity index (χ4n) is 1.84. The van der Waals surface area contributed by atoms with Gasteiger partial charge in [0.1, 0.15) is 5.82 Å². The van der Waals surface area contributed by atoms with Crippen molar-refractivity contribution < 1.29 is 4.39 Å². The Morgan fingerprint density at radius 2 is 2.12 bits per heavy atom. The SMILES string of the molecule is CCCCCC(NC)c1cccc(Br)c1F. The summed E-state index contributed by atoms with van der Waals surface area (Å²) in [4.78, 5) is 0. The van der Waals surface area contributed by atoms with Gasteiger partial charge in [0.15, 0.2) is 0 Å². The van der Waals surface area contributed by atoms with Crippen LogP contribution < -0.4 is 5.32 Å². The molecule has 1 atom stereocenters. The van der Waals surface area contributed by atoms with Crippen LogP contribution in [0.3, 0.4) is 0 Å². The molecule has 1 aromatic carbocycles. The van der Waals surface area contributed by atoms with Crippen molar-refractivity contribution in [3.8, 4) is 0 Å².